The summed E-state index contributed by atoms with van der Waals surface area (Å²) in [4.78, 5) is 13.3. The van der Waals surface area contributed by atoms with Crippen molar-refractivity contribution in [3.05, 3.63) is 0 Å². The maximum Gasteiger partial charge on any atom is 0.319 e. The molecular weight excluding hydrogens is 178 g/mol. The Kier molecular flexibility index (Phi) is 8.64. The number of hydrogen-bond acceptors (Lipinski definition) is 3. The van der Waals surface area contributed by atoms with Crippen molar-refractivity contribution >= 4 is 5.97 Å². The minimum absolute atomic E-state index is 0.128. The van der Waals surface area contributed by atoms with Gasteiger partial charge < -0.3 is 4.74 Å². The topological polar surface area (TPSA) is 29.5 Å². The van der Waals surface area contributed by atoms with Crippen molar-refractivity contribution in [1.82, 2.24) is 4.90 Å². The van der Waals surface area contributed by atoms with Crippen molar-refractivity contribution in [2.75, 3.05) is 26.7 Å². The Morgan fingerprint density at radius 2 is 1.64 bits per heavy atom. The smallest absolute Gasteiger partial charge is 0.319 e. The third-order valence-corrected chi connectivity index (χ3v) is 2.24. The van der Waals surface area contributed by atoms with Crippen LogP contribution in [0.5, 0.6) is 0 Å². The molecule has 0 heterocycles. The average molecular weight is 201 g/mol. The van der Waals surface area contributed by atoms with Crippen LogP contribution in [0.2, 0.25) is 0 Å². The SMILES string of the molecule is CCCCN(CCCC)CC(=O)OC. The summed E-state index contributed by atoms with van der Waals surface area (Å²) < 4.78 is 4.66. The molecule has 0 spiro atoms. The number of unbranched alkanes of at least 4 members (excludes halogenated alkanes) is 2. The van der Waals surface area contributed by atoms with E-state index in [0.717, 1.165) is 25.9 Å². The number of esters is 1. The van der Waals surface area contributed by atoms with Crippen LogP contribution in [0, 0.1) is 0 Å². The van der Waals surface area contributed by atoms with E-state index >= 15 is 0 Å². The van der Waals surface area contributed by atoms with Crippen molar-refractivity contribution in [3.63, 3.8) is 0 Å². The summed E-state index contributed by atoms with van der Waals surface area (Å²) in [6.45, 7) is 6.78. The first-order valence-electron chi connectivity index (χ1n) is 5.53. The minimum Gasteiger partial charge on any atom is -0.468 e. The van der Waals surface area contributed by atoms with Gasteiger partial charge in [-0.25, -0.2) is 0 Å². The maximum absolute atomic E-state index is 11.1. The van der Waals surface area contributed by atoms with Gasteiger partial charge in [0.15, 0.2) is 0 Å². The summed E-state index contributed by atoms with van der Waals surface area (Å²) in [6.07, 6.45) is 4.65. The van der Waals surface area contributed by atoms with Crippen LogP contribution in [0.3, 0.4) is 0 Å². The zero-order chi connectivity index (χ0) is 10.8. The Morgan fingerprint density at radius 1 is 1.14 bits per heavy atom. The highest BCUT2D eigenvalue weighted by atomic mass is 16.5. The number of carbonyl (C=O) groups is 1. The van der Waals surface area contributed by atoms with E-state index in [-0.39, 0.29) is 5.97 Å². The molecule has 0 atom stereocenters. The molecule has 3 heteroatoms. The molecule has 0 aliphatic heterocycles. The molecule has 14 heavy (non-hydrogen) atoms. The summed E-state index contributed by atoms with van der Waals surface area (Å²) in [5.41, 5.74) is 0. The molecule has 0 bridgehead atoms. The Morgan fingerprint density at radius 3 is 2.00 bits per heavy atom. The minimum atomic E-state index is -0.128. The Bertz CT molecular complexity index is 140. The number of rotatable bonds is 8. The van der Waals surface area contributed by atoms with Gasteiger partial charge in [-0.1, -0.05) is 26.7 Å². The van der Waals surface area contributed by atoms with Crippen molar-refractivity contribution in [1.29, 1.82) is 0 Å². The van der Waals surface area contributed by atoms with Crippen molar-refractivity contribution < 1.29 is 9.53 Å². The van der Waals surface area contributed by atoms with Gasteiger partial charge in [-0.3, -0.25) is 9.69 Å². The fourth-order valence-corrected chi connectivity index (χ4v) is 1.28. The van der Waals surface area contributed by atoms with Crippen LogP contribution in [-0.2, 0) is 9.53 Å². The number of carbonyl (C=O) groups excluding carboxylic acids is 1. The van der Waals surface area contributed by atoms with Gasteiger partial charge in [0.05, 0.1) is 13.7 Å². The fourth-order valence-electron chi connectivity index (χ4n) is 1.28. The monoisotopic (exact) mass is 201 g/mol. The lowest BCUT2D eigenvalue weighted by Crippen LogP contribution is -2.32. The predicted molar refractivity (Wildman–Crippen MR) is 58.3 cm³/mol. The highest BCUT2D eigenvalue weighted by Gasteiger charge is 2.09. The second-order valence-corrected chi connectivity index (χ2v) is 3.56. The van der Waals surface area contributed by atoms with Crippen LogP contribution in [-0.4, -0.2) is 37.6 Å². The van der Waals surface area contributed by atoms with Crippen LogP contribution >= 0.6 is 0 Å². The molecule has 0 amide bonds. The molecule has 0 aliphatic carbocycles. The highest BCUT2D eigenvalue weighted by molar-refractivity contribution is 5.71. The largest absolute Gasteiger partial charge is 0.468 e. The van der Waals surface area contributed by atoms with Crippen molar-refractivity contribution in [2.45, 2.75) is 39.5 Å². The van der Waals surface area contributed by atoms with Gasteiger partial charge in [0, 0.05) is 0 Å². The quantitative estimate of drug-likeness (QED) is 0.563. The fraction of sp³-hybridized carbons (Fsp3) is 0.909. The number of hydrogen-bond donors (Lipinski definition) is 0. The first kappa shape index (κ1) is 13.4. The summed E-state index contributed by atoms with van der Waals surface area (Å²) in [5, 5.41) is 0. The zero-order valence-electron chi connectivity index (χ0n) is 9.71. The van der Waals surface area contributed by atoms with E-state index < -0.39 is 0 Å². The molecule has 0 aliphatic rings. The van der Waals surface area contributed by atoms with E-state index in [4.69, 9.17) is 0 Å². The number of nitrogens with zero attached hydrogens (tertiary/aromatic N) is 1. The second-order valence-electron chi connectivity index (χ2n) is 3.56. The summed E-state index contributed by atoms with van der Waals surface area (Å²) in [6, 6.07) is 0. The Labute approximate surface area is 87.4 Å². The van der Waals surface area contributed by atoms with Gasteiger partial charge >= 0.3 is 5.97 Å². The van der Waals surface area contributed by atoms with Gasteiger partial charge in [-0.2, -0.15) is 0 Å². The zero-order valence-corrected chi connectivity index (χ0v) is 9.71. The van der Waals surface area contributed by atoms with E-state index in [1.807, 2.05) is 0 Å². The van der Waals surface area contributed by atoms with Crippen molar-refractivity contribution in [3.8, 4) is 0 Å². The maximum atomic E-state index is 11.1. The predicted octanol–water partition coefficient (Wildman–Crippen LogP) is 2.06. The standard InChI is InChI=1S/C11H23NO2/c1-4-6-8-12(9-7-5-2)10-11(13)14-3/h4-10H2,1-3H3. The van der Waals surface area contributed by atoms with Crippen LogP contribution in [0.1, 0.15) is 39.5 Å². The molecule has 0 saturated heterocycles. The first-order valence-corrected chi connectivity index (χ1v) is 5.53. The van der Waals surface area contributed by atoms with Crippen LogP contribution in [0.15, 0.2) is 0 Å². The molecule has 0 aromatic heterocycles. The number of methoxy groups -OCH3 is 1. The molecule has 3 nitrogen and oxygen atoms in total. The lowest BCUT2D eigenvalue weighted by Gasteiger charge is -2.20. The molecule has 0 unspecified atom stereocenters. The molecule has 0 radical (unpaired) electrons. The third-order valence-electron chi connectivity index (χ3n) is 2.24. The molecular formula is C11H23NO2. The van der Waals surface area contributed by atoms with Gasteiger partial charge in [0.1, 0.15) is 0 Å². The summed E-state index contributed by atoms with van der Waals surface area (Å²) in [5.74, 6) is -0.128. The molecule has 84 valence electrons. The summed E-state index contributed by atoms with van der Waals surface area (Å²) in [7, 11) is 1.44. The number of ether oxygens (including phenoxy) is 1. The summed E-state index contributed by atoms with van der Waals surface area (Å²) >= 11 is 0. The third kappa shape index (κ3) is 6.89. The van der Waals surface area contributed by atoms with Gasteiger partial charge in [0.25, 0.3) is 0 Å². The highest BCUT2D eigenvalue weighted by Crippen LogP contribution is 1.99. The van der Waals surface area contributed by atoms with E-state index in [1.54, 1.807) is 0 Å². The van der Waals surface area contributed by atoms with Crippen LogP contribution in [0.25, 0.3) is 0 Å². The van der Waals surface area contributed by atoms with Gasteiger partial charge in [-0.05, 0) is 25.9 Å². The lowest BCUT2D eigenvalue weighted by molar-refractivity contribution is -0.141. The first-order chi connectivity index (χ1) is 6.74. The Hall–Kier alpha value is -0.570. The average Bonchev–Trinajstić information content (AvgIpc) is 2.21. The normalized spacial score (nSPS) is 10.6. The van der Waals surface area contributed by atoms with Gasteiger partial charge in [-0.15, -0.1) is 0 Å². The van der Waals surface area contributed by atoms with E-state index in [2.05, 4.69) is 23.5 Å². The molecule has 0 N–H and O–H groups in total. The molecule has 0 fully saturated rings. The second kappa shape index (κ2) is 9.00. The molecule has 0 saturated carbocycles. The van der Waals surface area contributed by atoms with E-state index in [0.29, 0.717) is 6.54 Å². The van der Waals surface area contributed by atoms with Gasteiger partial charge in [0.2, 0.25) is 0 Å². The van der Waals surface area contributed by atoms with E-state index in [1.165, 1.54) is 20.0 Å². The lowest BCUT2D eigenvalue weighted by atomic mass is 10.2. The van der Waals surface area contributed by atoms with E-state index in [9.17, 15) is 4.79 Å². The molecule has 0 aromatic carbocycles. The van der Waals surface area contributed by atoms with Crippen LogP contribution in [0.4, 0.5) is 0 Å². The Balaban J connectivity index is 3.77. The molecule has 0 aromatic rings. The molecule has 0 rings (SSSR count). The van der Waals surface area contributed by atoms with Crippen molar-refractivity contribution in [2.24, 2.45) is 0 Å². The van der Waals surface area contributed by atoms with Crippen LogP contribution < -0.4 is 0 Å².